The Morgan fingerprint density at radius 1 is 0.565 bits per heavy atom. The molecule has 0 spiro atoms. The Hall–Kier alpha value is -5.64. The quantitative estimate of drug-likeness (QED) is 0.106. The van der Waals surface area contributed by atoms with Gasteiger partial charge in [0.2, 0.25) is 0 Å². The zero-order valence-electron chi connectivity index (χ0n) is 25.8. The summed E-state index contributed by atoms with van der Waals surface area (Å²) in [5.41, 5.74) is 5.86. The molecule has 0 aliphatic rings. The zero-order valence-corrected chi connectivity index (χ0v) is 26.8. The average molecular weight is 607 g/mol. The van der Waals surface area contributed by atoms with Crippen molar-refractivity contribution in [1.82, 2.24) is 9.55 Å². The van der Waals surface area contributed by atoms with Crippen molar-refractivity contribution in [1.29, 1.82) is 0 Å². The third-order valence-corrected chi connectivity index (χ3v) is 14.1. The predicted molar refractivity (Wildman–Crippen MR) is 201 cm³/mol. The van der Waals surface area contributed by atoms with E-state index in [2.05, 4.69) is 179 Å². The first-order chi connectivity index (χ1) is 22.7. The number of allylic oxidation sites excluding steroid dienone is 5. The number of fused-ring (bicyclic) bond motifs is 6. The fraction of sp³-hybridized carbons (Fsp3) is 0.0233. The molecule has 2 aromatic heterocycles. The first-order valence-corrected chi connectivity index (χ1v) is 17.8. The molecule has 0 fully saturated rings. The zero-order chi connectivity index (χ0) is 31.1. The Kier molecular flexibility index (Phi) is 6.89. The van der Waals surface area contributed by atoms with E-state index in [0.717, 1.165) is 21.9 Å². The van der Waals surface area contributed by atoms with E-state index in [4.69, 9.17) is 6.58 Å². The summed E-state index contributed by atoms with van der Waals surface area (Å²) >= 11 is 0. The maximum atomic E-state index is 4.82. The van der Waals surface area contributed by atoms with Crippen molar-refractivity contribution >= 4 is 67.2 Å². The lowest BCUT2D eigenvalue weighted by Crippen LogP contribution is -2.68. The lowest BCUT2D eigenvalue weighted by Gasteiger charge is -2.34. The van der Waals surface area contributed by atoms with Gasteiger partial charge in [-0.1, -0.05) is 145 Å². The molecule has 220 valence electrons. The average Bonchev–Trinajstić information content (AvgIpc) is 3.65. The van der Waals surface area contributed by atoms with Crippen LogP contribution in [0.15, 0.2) is 182 Å². The number of nitrogens with one attached hydrogen (secondary N) is 1. The Bertz CT molecular complexity index is 2400. The highest BCUT2D eigenvalue weighted by molar-refractivity contribution is 7.16. The third-order valence-electron chi connectivity index (χ3n) is 9.35. The highest BCUT2D eigenvalue weighted by atomic mass is 28.3. The van der Waals surface area contributed by atoms with Crippen LogP contribution in [0.3, 0.4) is 0 Å². The largest absolute Gasteiger partial charge is 0.355 e. The molecule has 1 N–H and O–H groups in total. The van der Waals surface area contributed by atoms with Gasteiger partial charge in [-0.15, -0.1) is 0 Å². The van der Waals surface area contributed by atoms with Crippen molar-refractivity contribution in [3.8, 4) is 5.69 Å². The van der Waals surface area contributed by atoms with E-state index in [-0.39, 0.29) is 0 Å². The van der Waals surface area contributed by atoms with Crippen LogP contribution in [0.4, 0.5) is 0 Å². The van der Waals surface area contributed by atoms with E-state index in [1.165, 1.54) is 48.1 Å². The number of benzene rings is 6. The summed E-state index contributed by atoms with van der Waals surface area (Å²) in [7, 11) is -2.77. The monoisotopic (exact) mass is 606 g/mol. The van der Waals surface area contributed by atoms with E-state index in [9.17, 15) is 0 Å². The van der Waals surface area contributed by atoms with Crippen LogP contribution < -0.4 is 15.6 Å². The molecule has 0 aliphatic heterocycles. The minimum Gasteiger partial charge on any atom is -0.355 e. The lowest BCUT2D eigenvalue weighted by molar-refractivity contribution is 1.19. The van der Waals surface area contributed by atoms with Crippen molar-refractivity contribution in [2.45, 2.75) is 6.92 Å². The number of hydrogen-bond acceptors (Lipinski definition) is 0. The first-order valence-electron chi connectivity index (χ1n) is 15.8. The molecule has 6 aromatic carbocycles. The third kappa shape index (κ3) is 4.32. The van der Waals surface area contributed by atoms with Crippen LogP contribution in [0, 0.1) is 0 Å². The molecule has 0 unspecified atom stereocenters. The highest BCUT2D eigenvalue weighted by Crippen LogP contribution is 2.34. The van der Waals surface area contributed by atoms with E-state index in [1.807, 2.05) is 6.92 Å². The summed E-state index contributed by atoms with van der Waals surface area (Å²) in [6.07, 6.45) is 8.49. The van der Waals surface area contributed by atoms with Crippen LogP contribution >= 0.6 is 0 Å². The number of aromatic nitrogens is 2. The number of para-hydroxylation sites is 2. The van der Waals surface area contributed by atoms with Gasteiger partial charge >= 0.3 is 0 Å². The van der Waals surface area contributed by atoms with Crippen LogP contribution in [-0.2, 0) is 0 Å². The van der Waals surface area contributed by atoms with E-state index in [1.54, 1.807) is 0 Å². The summed E-state index contributed by atoms with van der Waals surface area (Å²) in [4.78, 5) is 3.60. The fourth-order valence-corrected chi connectivity index (χ4v) is 11.8. The molecule has 3 heteroatoms. The lowest BCUT2D eigenvalue weighted by atomic mass is 10.1. The fourth-order valence-electron chi connectivity index (χ4n) is 7.30. The molecule has 0 atom stereocenters. The van der Waals surface area contributed by atoms with Gasteiger partial charge in [-0.05, 0) is 58.9 Å². The van der Waals surface area contributed by atoms with E-state index >= 15 is 0 Å². The normalized spacial score (nSPS) is 12.4. The van der Waals surface area contributed by atoms with Crippen molar-refractivity contribution in [3.05, 3.63) is 182 Å². The van der Waals surface area contributed by atoms with Gasteiger partial charge < -0.3 is 9.55 Å². The minimum absolute atomic E-state index is 1.14. The van der Waals surface area contributed by atoms with E-state index in [0.29, 0.717) is 0 Å². The van der Waals surface area contributed by atoms with Gasteiger partial charge in [0.1, 0.15) is 0 Å². The van der Waals surface area contributed by atoms with Gasteiger partial charge in [0, 0.05) is 38.3 Å². The summed E-state index contributed by atoms with van der Waals surface area (Å²) in [5.74, 6) is 0. The number of rotatable bonds is 7. The number of aromatic amines is 1. The SMILES string of the molecule is C=C(/C=C\C=C/C)[Si](c1ccccc1)(c1ccccc1)c1ccc2c3ccccc3n(-c3ccc4[nH]c5ccccc5c4c3)c2c1. The molecule has 46 heavy (non-hydrogen) atoms. The van der Waals surface area contributed by atoms with Crippen molar-refractivity contribution in [3.63, 3.8) is 0 Å². The summed E-state index contributed by atoms with van der Waals surface area (Å²) in [6, 6.07) is 53.3. The minimum atomic E-state index is -2.77. The maximum Gasteiger partial charge on any atom is 0.179 e. The van der Waals surface area contributed by atoms with Crippen LogP contribution in [0.1, 0.15) is 6.92 Å². The summed E-state index contributed by atoms with van der Waals surface area (Å²) in [5, 5.41) is 10.1. The standard InChI is InChI=1S/C43H34N2Si/c1-3-4-7-16-31(2)46(33-17-8-5-9-18-33,34-19-10-6-11-20-34)35-26-27-38-37-22-13-15-24-42(37)45(43(38)30-35)32-25-28-41-39(29-32)36-21-12-14-23-40(36)44-41/h3-30,44H,2H2,1H3/b4-3-,16-7-. The topological polar surface area (TPSA) is 20.7 Å². The van der Waals surface area contributed by atoms with Gasteiger partial charge in [-0.25, -0.2) is 0 Å². The Morgan fingerprint density at radius 3 is 1.93 bits per heavy atom. The molecule has 0 amide bonds. The Morgan fingerprint density at radius 2 is 1.20 bits per heavy atom. The molecular formula is C43H34N2Si. The van der Waals surface area contributed by atoms with Crippen LogP contribution in [0.25, 0.3) is 49.3 Å². The maximum absolute atomic E-state index is 4.82. The summed E-state index contributed by atoms with van der Waals surface area (Å²) in [6.45, 7) is 6.87. The van der Waals surface area contributed by atoms with Gasteiger partial charge in [-0.3, -0.25) is 0 Å². The molecular weight excluding hydrogens is 573 g/mol. The highest BCUT2D eigenvalue weighted by Gasteiger charge is 2.41. The van der Waals surface area contributed by atoms with Crippen molar-refractivity contribution < 1.29 is 0 Å². The Labute approximate surface area is 270 Å². The molecule has 0 saturated heterocycles. The molecule has 0 aliphatic carbocycles. The molecule has 0 saturated carbocycles. The van der Waals surface area contributed by atoms with Crippen LogP contribution in [0.5, 0.6) is 0 Å². The first kappa shape index (κ1) is 27.9. The number of hydrogen-bond donors (Lipinski definition) is 1. The molecule has 0 bridgehead atoms. The van der Waals surface area contributed by atoms with Crippen molar-refractivity contribution in [2.24, 2.45) is 0 Å². The Balaban J connectivity index is 1.46. The molecule has 2 heterocycles. The molecule has 8 aromatic rings. The second kappa shape index (κ2) is 11.4. The van der Waals surface area contributed by atoms with Gasteiger partial charge in [0.15, 0.2) is 8.07 Å². The molecule has 8 rings (SSSR count). The number of nitrogens with zero attached hydrogens (tertiary/aromatic N) is 1. The second-order valence-corrected chi connectivity index (χ2v) is 15.8. The van der Waals surface area contributed by atoms with Crippen molar-refractivity contribution in [2.75, 3.05) is 0 Å². The summed E-state index contributed by atoms with van der Waals surface area (Å²) < 4.78 is 2.45. The van der Waals surface area contributed by atoms with Gasteiger partial charge in [0.05, 0.1) is 11.0 Å². The smallest absolute Gasteiger partial charge is 0.179 e. The van der Waals surface area contributed by atoms with Crippen LogP contribution in [0.2, 0.25) is 0 Å². The predicted octanol–water partition coefficient (Wildman–Crippen LogP) is 9.12. The van der Waals surface area contributed by atoms with E-state index < -0.39 is 8.07 Å². The number of H-pyrrole nitrogens is 1. The van der Waals surface area contributed by atoms with Gasteiger partial charge in [-0.2, -0.15) is 0 Å². The van der Waals surface area contributed by atoms with Crippen LogP contribution in [-0.4, -0.2) is 17.6 Å². The molecule has 2 nitrogen and oxygen atoms in total. The second-order valence-electron chi connectivity index (χ2n) is 11.9. The van der Waals surface area contributed by atoms with Gasteiger partial charge in [0.25, 0.3) is 0 Å². The molecule has 0 radical (unpaired) electrons.